The van der Waals surface area contributed by atoms with Crippen LogP contribution in [-0.2, 0) is 11.8 Å². The van der Waals surface area contributed by atoms with Gasteiger partial charge in [-0.3, -0.25) is 4.79 Å². The highest BCUT2D eigenvalue weighted by molar-refractivity contribution is 8.00. The molecule has 6 nitrogen and oxygen atoms in total. The number of thioether (sulfide) groups is 1. The van der Waals surface area contributed by atoms with Gasteiger partial charge >= 0.3 is 0 Å². The van der Waals surface area contributed by atoms with Crippen LogP contribution in [0.3, 0.4) is 0 Å². The van der Waals surface area contributed by atoms with Crippen LogP contribution in [0, 0.1) is 0 Å². The zero-order valence-corrected chi connectivity index (χ0v) is 20.3. The second-order valence-corrected chi connectivity index (χ2v) is 9.17. The molecule has 1 N–H and O–H groups in total. The highest BCUT2D eigenvalue weighted by Crippen LogP contribution is 2.33. The average molecular weight is 473 g/mol. The summed E-state index contributed by atoms with van der Waals surface area (Å²) in [6.07, 6.45) is 0. The Labute approximate surface area is 204 Å². The first-order valence-electron chi connectivity index (χ1n) is 11.3. The fraction of sp³-hybridized carbons (Fsp3) is 0.222. The van der Waals surface area contributed by atoms with Crippen LogP contribution in [0.15, 0.2) is 90.1 Å². The summed E-state index contributed by atoms with van der Waals surface area (Å²) in [4.78, 5) is 12.8. The van der Waals surface area contributed by atoms with Crippen LogP contribution >= 0.6 is 11.8 Å². The highest BCUT2D eigenvalue weighted by atomic mass is 32.2. The number of hydrogen-bond donors (Lipinski definition) is 1. The first-order chi connectivity index (χ1) is 16.6. The Hall–Kier alpha value is -3.58. The second-order valence-electron chi connectivity index (χ2n) is 7.86. The van der Waals surface area contributed by atoms with E-state index in [9.17, 15) is 4.79 Å². The molecule has 4 rings (SSSR count). The molecule has 0 aliphatic carbocycles. The molecule has 0 saturated carbocycles. The largest absolute Gasteiger partial charge is 0.494 e. The molecule has 7 heteroatoms. The molecule has 34 heavy (non-hydrogen) atoms. The number of hydrogen-bond acceptors (Lipinski definition) is 5. The molecule has 0 fully saturated rings. The van der Waals surface area contributed by atoms with E-state index < -0.39 is 0 Å². The number of carbonyl (C=O) groups is 1. The normalized spacial score (nSPS) is 11.9. The van der Waals surface area contributed by atoms with Gasteiger partial charge in [0.1, 0.15) is 11.6 Å². The number of rotatable bonds is 9. The molecule has 3 aromatic carbocycles. The monoisotopic (exact) mass is 472 g/mol. The Morgan fingerprint density at radius 3 is 2.09 bits per heavy atom. The summed E-state index contributed by atoms with van der Waals surface area (Å²) in [5.41, 5.74) is 3.01. The van der Waals surface area contributed by atoms with E-state index in [2.05, 4.69) is 39.8 Å². The number of nitrogens with zero attached hydrogens (tertiary/aromatic N) is 3. The molecule has 4 aromatic rings. The van der Waals surface area contributed by atoms with Crippen molar-refractivity contribution in [3.05, 3.63) is 102 Å². The van der Waals surface area contributed by atoms with Crippen LogP contribution in [0.2, 0.25) is 0 Å². The smallest absolute Gasteiger partial charge is 0.237 e. The van der Waals surface area contributed by atoms with E-state index in [0.29, 0.717) is 11.8 Å². The molecule has 0 spiro atoms. The van der Waals surface area contributed by atoms with E-state index in [0.717, 1.165) is 28.4 Å². The molecule has 0 aliphatic rings. The Morgan fingerprint density at radius 1 is 0.941 bits per heavy atom. The summed E-state index contributed by atoms with van der Waals surface area (Å²) in [5, 5.41) is 12.3. The minimum Gasteiger partial charge on any atom is -0.494 e. The van der Waals surface area contributed by atoms with Gasteiger partial charge in [-0.2, -0.15) is 0 Å². The zero-order valence-electron chi connectivity index (χ0n) is 19.5. The second kappa shape index (κ2) is 11.0. The summed E-state index contributed by atoms with van der Waals surface area (Å²) in [6.45, 7) is 4.41. The Kier molecular flexibility index (Phi) is 7.65. The van der Waals surface area contributed by atoms with Gasteiger partial charge in [0.25, 0.3) is 0 Å². The Morgan fingerprint density at radius 2 is 1.53 bits per heavy atom. The number of carbonyl (C=O) groups excluding carboxylic acids is 1. The van der Waals surface area contributed by atoms with E-state index in [1.54, 1.807) is 0 Å². The van der Waals surface area contributed by atoms with Gasteiger partial charge in [0.05, 0.1) is 17.8 Å². The summed E-state index contributed by atoms with van der Waals surface area (Å²) >= 11 is 1.39. The SMILES string of the molecule is CCOc1ccc(NC(=O)[C@H](C)Sc2nnc(C(c3ccccc3)c3ccccc3)n2C)cc1. The van der Waals surface area contributed by atoms with Crippen molar-refractivity contribution in [2.75, 3.05) is 11.9 Å². The van der Waals surface area contributed by atoms with Crippen LogP contribution in [0.1, 0.15) is 36.7 Å². The summed E-state index contributed by atoms with van der Waals surface area (Å²) in [5.74, 6) is 1.46. The van der Waals surface area contributed by atoms with Crippen LogP contribution in [0.25, 0.3) is 0 Å². The summed E-state index contributed by atoms with van der Waals surface area (Å²) in [6, 6.07) is 27.9. The van der Waals surface area contributed by atoms with Crippen LogP contribution < -0.4 is 10.1 Å². The first kappa shape index (κ1) is 23.6. The molecule has 0 aliphatic heterocycles. The van der Waals surface area contributed by atoms with Gasteiger partial charge in [-0.15, -0.1) is 10.2 Å². The molecular formula is C27H28N4O2S. The first-order valence-corrected chi connectivity index (χ1v) is 12.1. The number of benzene rings is 3. The topological polar surface area (TPSA) is 69.0 Å². The van der Waals surface area contributed by atoms with E-state index in [-0.39, 0.29) is 17.1 Å². The maximum absolute atomic E-state index is 12.8. The lowest BCUT2D eigenvalue weighted by molar-refractivity contribution is -0.115. The van der Waals surface area contributed by atoms with E-state index in [4.69, 9.17) is 4.74 Å². The lowest BCUT2D eigenvalue weighted by atomic mass is 9.90. The Balaban J connectivity index is 1.51. The third-order valence-electron chi connectivity index (χ3n) is 5.48. The average Bonchev–Trinajstić information content (AvgIpc) is 3.21. The standard InChI is InChI=1S/C27H28N4O2S/c1-4-33-23-17-15-22(16-18-23)28-26(32)19(2)34-27-30-29-25(31(27)3)24(20-11-7-5-8-12-20)21-13-9-6-10-14-21/h5-19,24H,4H2,1-3H3,(H,28,32)/t19-/m0/s1. The fourth-order valence-corrected chi connectivity index (χ4v) is 4.54. The number of nitrogens with one attached hydrogen (secondary N) is 1. The molecular weight excluding hydrogens is 444 g/mol. The van der Waals surface area contributed by atoms with Crippen LogP contribution in [-0.4, -0.2) is 32.5 Å². The van der Waals surface area contributed by atoms with Gasteiger partial charge in [-0.25, -0.2) is 0 Å². The number of aromatic nitrogens is 3. The van der Waals surface area contributed by atoms with Crippen molar-refractivity contribution in [3.63, 3.8) is 0 Å². The van der Waals surface area contributed by atoms with Crippen molar-refractivity contribution >= 4 is 23.4 Å². The van der Waals surface area contributed by atoms with Crippen molar-refractivity contribution in [2.45, 2.75) is 30.2 Å². The maximum Gasteiger partial charge on any atom is 0.237 e. The molecule has 0 saturated heterocycles. The van der Waals surface area contributed by atoms with E-state index >= 15 is 0 Å². The van der Waals surface area contributed by atoms with Crippen molar-refractivity contribution in [3.8, 4) is 5.75 Å². The lowest BCUT2D eigenvalue weighted by Gasteiger charge is -2.18. The zero-order chi connectivity index (χ0) is 23.9. The molecule has 0 bridgehead atoms. The molecule has 1 amide bonds. The third kappa shape index (κ3) is 5.48. The van der Waals surface area contributed by atoms with Gasteiger partial charge in [0.2, 0.25) is 5.91 Å². The predicted octanol–water partition coefficient (Wildman–Crippen LogP) is 5.51. The van der Waals surface area contributed by atoms with Gasteiger partial charge < -0.3 is 14.6 Å². The van der Waals surface area contributed by atoms with Crippen molar-refractivity contribution in [2.24, 2.45) is 7.05 Å². The minimum atomic E-state index is -0.353. The quantitative estimate of drug-likeness (QED) is 0.325. The van der Waals surface area contributed by atoms with E-state index in [1.807, 2.05) is 86.1 Å². The molecule has 0 radical (unpaired) electrons. The Bertz CT molecular complexity index is 1170. The van der Waals surface area contributed by atoms with Crippen LogP contribution in [0.4, 0.5) is 5.69 Å². The molecule has 0 unspecified atom stereocenters. The summed E-state index contributed by atoms with van der Waals surface area (Å²) < 4.78 is 7.44. The molecule has 1 atom stereocenters. The van der Waals surface area contributed by atoms with Gasteiger partial charge in [-0.1, -0.05) is 72.4 Å². The lowest BCUT2D eigenvalue weighted by Crippen LogP contribution is -2.22. The molecule has 174 valence electrons. The van der Waals surface area contributed by atoms with Gasteiger partial charge in [0.15, 0.2) is 5.16 Å². The molecule has 1 aromatic heterocycles. The third-order valence-corrected chi connectivity index (χ3v) is 6.61. The number of amides is 1. The van der Waals surface area contributed by atoms with Gasteiger partial charge in [-0.05, 0) is 49.2 Å². The maximum atomic E-state index is 12.8. The summed E-state index contributed by atoms with van der Waals surface area (Å²) in [7, 11) is 1.95. The van der Waals surface area contributed by atoms with Gasteiger partial charge in [0, 0.05) is 12.7 Å². The fourth-order valence-electron chi connectivity index (χ4n) is 3.72. The predicted molar refractivity (Wildman–Crippen MR) is 136 cm³/mol. The highest BCUT2D eigenvalue weighted by Gasteiger charge is 2.25. The number of anilines is 1. The molecule has 1 heterocycles. The van der Waals surface area contributed by atoms with Crippen molar-refractivity contribution in [1.29, 1.82) is 0 Å². The van der Waals surface area contributed by atoms with Crippen molar-refractivity contribution in [1.82, 2.24) is 14.8 Å². The minimum absolute atomic E-state index is 0.0535. The number of ether oxygens (including phenoxy) is 1. The van der Waals surface area contributed by atoms with Crippen LogP contribution in [0.5, 0.6) is 5.75 Å². The van der Waals surface area contributed by atoms with Crippen molar-refractivity contribution < 1.29 is 9.53 Å². The van der Waals surface area contributed by atoms with E-state index in [1.165, 1.54) is 11.8 Å².